The van der Waals surface area contributed by atoms with Crippen molar-refractivity contribution in [2.45, 2.75) is 6.92 Å². The van der Waals surface area contributed by atoms with Gasteiger partial charge in [0.2, 0.25) is 0 Å². The third-order valence-corrected chi connectivity index (χ3v) is 3.75. The number of benzene rings is 1. The van der Waals surface area contributed by atoms with E-state index in [1.54, 1.807) is 31.3 Å². The maximum Gasteiger partial charge on any atom is 0.357 e. The molecule has 0 saturated heterocycles. The molecular weight excluding hydrogens is 258 g/mol. The fraction of sp³-hybridized carbons (Fsp3) is 0.467. The number of nitrogens with zero attached hydrogens (tertiary/aromatic N) is 1. The number of hydroxylamine groups is 2. The molecule has 0 heterocycles. The molecule has 3 atom stereocenters. The van der Waals surface area contributed by atoms with Gasteiger partial charge in [-0.05, 0) is 24.0 Å². The largest absolute Gasteiger partial charge is 0.469 e. The predicted molar refractivity (Wildman–Crippen MR) is 72.6 cm³/mol. The Morgan fingerprint density at radius 1 is 1.25 bits per heavy atom. The van der Waals surface area contributed by atoms with Gasteiger partial charge in [-0.3, -0.25) is 4.79 Å². The molecule has 0 spiro atoms. The molecule has 1 aliphatic rings. The molecule has 1 saturated carbocycles. The van der Waals surface area contributed by atoms with Crippen LogP contribution < -0.4 is 0 Å². The monoisotopic (exact) mass is 277 g/mol. The molecule has 5 heteroatoms. The minimum atomic E-state index is -0.393. The van der Waals surface area contributed by atoms with Crippen LogP contribution in [0.5, 0.6) is 0 Å². The molecule has 0 aliphatic heterocycles. The van der Waals surface area contributed by atoms with E-state index in [9.17, 15) is 9.59 Å². The van der Waals surface area contributed by atoms with Crippen LogP contribution in [0.3, 0.4) is 0 Å². The predicted octanol–water partition coefficient (Wildman–Crippen LogP) is 1.75. The topological polar surface area (TPSA) is 55.8 Å². The highest BCUT2D eigenvalue weighted by atomic mass is 16.7. The molecule has 1 fully saturated rings. The van der Waals surface area contributed by atoms with E-state index in [0.29, 0.717) is 12.1 Å². The van der Waals surface area contributed by atoms with Crippen molar-refractivity contribution in [1.82, 2.24) is 5.06 Å². The smallest absolute Gasteiger partial charge is 0.357 e. The van der Waals surface area contributed by atoms with Gasteiger partial charge in [0.15, 0.2) is 0 Å². The molecule has 20 heavy (non-hydrogen) atoms. The van der Waals surface area contributed by atoms with Gasteiger partial charge in [-0.1, -0.05) is 25.1 Å². The van der Waals surface area contributed by atoms with Gasteiger partial charge in [0.25, 0.3) is 0 Å². The Balaban J connectivity index is 1.83. The fourth-order valence-electron chi connectivity index (χ4n) is 2.45. The van der Waals surface area contributed by atoms with Gasteiger partial charge in [0.05, 0.1) is 18.6 Å². The Labute approximate surface area is 118 Å². The number of carbonyl (C=O) groups excluding carboxylic acids is 2. The van der Waals surface area contributed by atoms with Gasteiger partial charge in [0, 0.05) is 13.6 Å². The number of carbonyl (C=O) groups is 2. The summed E-state index contributed by atoms with van der Waals surface area (Å²) in [6.45, 7) is 2.53. The van der Waals surface area contributed by atoms with Gasteiger partial charge >= 0.3 is 11.9 Å². The molecule has 108 valence electrons. The van der Waals surface area contributed by atoms with Crippen molar-refractivity contribution in [2.24, 2.45) is 17.8 Å². The number of rotatable bonds is 5. The van der Waals surface area contributed by atoms with E-state index in [-0.39, 0.29) is 23.7 Å². The summed E-state index contributed by atoms with van der Waals surface area (Å²) in [5.41, 5.74) is 0.507. The quantitative estimate of drug-likeness (QED) is 0.606. The Bertz CT molecular complexity index is 488. The highest BCUT2D eigenvalue weighted by Gasteiger charge is 2.53. The molecule has 2 rings (SSSR count). The first-order chi connectivity index (χ1) is 9.54. The summed E-state index contributed by atoms with van der Waals surface area (Å²) in [6.07, 6.45) is 0. The number of ether oxygens (including phenoxy) is 1. The van der Waals surface area contributed by atoms with E-state index >= 15 is 0 Å². The van der Waals surface area contributed by atoms with Crippen LogP contribution in [-0.4, -0.2) is 37.7 Å². The summed E-state index contributed by atoms with van der Waals surface area (Å²) < 4.78 is 4.74. The minimum absolute atomic E-state index is 0.0853. The zero-order valence-electron chi connectivity index (χ0n) is 11.9. The zero-order chi connectivity index (χ0) is 14.7. The first-order valence-electron chi connectivity index (χ1n) is 6.61. The van der Waals surface area contributed by atoms with Crippen LogP contribution in [-0.2, 0) is 14.4 Å². The van der Waals surface area contributed by atoms with E-state index in [0.717, 1.165) is 0 Å². The Morgan fingerprint density at radius 2 is 1.90 bits per heavy atom. The standard InChI is InChI=1S/C15H19NO4/c1-10-12(13(10)15(18)19-3)9-16(2)20-14(17)11-7-5-4-6-8-11/h4-8,10,12-13H,9H2,1-3H3/t10-,12?,13+/m1/s1. The van der Waals surface area contributed by atoms with Crippen LogP contribution in [0.25, 0.3) is 0 Å². The normalized spacial score (nSPS) is 24.3. The van der Waals surface area contributed by atoms with Crippen LogP contribution in [0, 0.1) is 17.8 Å². The summed E-state index contributed by atoms with van der Waals surface area (Å²) in [7, 11) is 3.09. The molecule has 0 N–H and O–H groups in total. The molecule has 1 aromatic carbocycles. The van der Waals surface area contributed by atoms with Crippen molar-refractivity contribution >= 4 is 11.9 Å². The van der Waals surface area contributed by atoms with E-state index in [4.69, 9.17) is 9.57 Å². The molecule has 1 aromatic rings. The molecule has 0 amide bonds. The van der Waals surface area contributed by atoms with Crippen molar-refractivity contribution < 1.29 is 19.2 Å². The average Bonchev–Trinajstić information content (AvgIpc) is 3.08. The maximum atomic E-state index is 11.9. The molecule has 1 unspecified atom stereocenters. The van der Waals surface area contributed by atoms with Gasteiger partial charge in [-0.15, -0.1) is 5.06 Å². The van der Waals surface area contributed by atoms with E-state index in [1.807, 2.05) is 13.0 Å². The van der Waals surface area contributed by atoms with Crippen molar-refractivity contribution in [2.75, 3.05) is 20.7 Å². The first kappa shape index (κ1) is 14.5. The second-order valence-electron chi connectivity index (χ2n) is 5.13. The molecule has 5 nitrogen and oxygen atoms in total. The lowest BCUT2D eigenvalue weighted by atomic mass is 10.2. The third-order valence-electron chi connectivity index (χ3n) is 3.75. The number of hydrogen-bond donors (Lipinski definition) is 0. The lowest BCUT2D eigenvalue weighted by molar-refractivity contribution is -0.143. The second kappa shape index (κ2) is 6.05. The zero-order valence-corrected chi connectivity index (χ0v) is 11.9. The van der Waals surface area contributed by atoms with Crippen LogP contribution >= 0.6 is 0 Å². The van der Waals surface area contributed by atoms with Crippen LogP contribution in [0.15, 0.2) is 30.3 Å². The summed E-state index contributed by atoms with van der Waals surface area (Å²) in [5, 5.41) is 1.49. The third kappa shape index (κ3) is 3.17. The average molecular weight is 277 g/mol. The van der Waals surface area contributed by atoms with Crippen LogP contribution in [0.2, 0.25) is 0 Å². The highest BCUT2D eigenvalue weighted by Crippen LogP contribution is 2.46. The maximum absolute atomic E-state index is 11.9. The summed E-state index contributed by atoms with van der Waals surface area (Å²) in [4.78, 5) is 28.6. The Kier molecular flexibility index (Phi) is 4.39. The molecule has 0 radical (unpaired) electrons. The van der Waals surface area contributed by atoms with Crippen molar-refractivity contribution in [3.63, 3.8) is 0 Å². The minimum Gasteiger partial charge on any atom is -0.469 e. The number of hydrogen-bond acceptors (Lipinski definition) is 5. The molecule has 0 aromatic heterocycles. The lowest BCUT2D eigenvalue weighted by Gasteiger charge is -2.16. The summed E-state index contributed by atoms with van der Waals surface area (Å²) >= 11 is 0. The number of esters is 1. The van der Waals surface area contributed by atoms with E-state index in [1.165, 1.54) is 12.2 Å². The van der Waals surface area contributed by atoms with E-state index in [2.05, 4.69) is 0 Å². The van der Waals surface area contributed by atoms with Gasteiger partial charge in [0.1, 0.15) is 0 Å². The van der Waals surface area contributed by atoms with Gasteiger partial charge < -0.3 is 9.57 Å². The van der Waals surface area contributed by atoms with Crippen LogP contribution in [0.1, 0.15) is 17.3 Å². The van der Waals surface area contributed by atoms with Crippen LogP contribution in [0.4, 0.5) is 0 Å². The second-order valence-corrected chi connectivity index (χ2v) is 5.13. The van der Waals surface area contributed by atoms with Crippen molar-refractivity contribution in [1.29, 1.82) is 0 Å². The summed E-state index contributed by atoms with van der Waals surface area (Å²) in [6, 6.07) is 8.81. The first-order valence-corrected chi connectivity index (χ1v) is 6.61. The van der Waals surface area contributed by atoms with Crippen molar-refractivity contribution in [3.05, 3.63) is 35.9 Å². The molecule has 0 bridgehead atoms. The number of methoxy groups -OCH3 is 1. The molecule has 1 aliphatic carbocycles. The Hall–Kier alpha value is -1.88. The fourth-order valence-corrected chi connectivity index (χ4v) is 2.45. The summed E-state index contributed by atoms with van der Waals surface area (Å²) in [5.74, 6) is -0.226. The SMILES string of the molecule is COC(=O)[C@@H]1C(CN(C)OC(=O)c2ccccc2)[C@H]1C. The Morgan fingerprint density at radius 3 is 2.50 bits per heavy atom. The molecular formula is C15H19NO4. The van der Waals surface area contributed by atoms with E-state index < -0.39 is 5.97 Å². The van der Waals surface area contributed by atoms with Crippen molar-refractivity contribution in [3.8, 4) is 0 Å². The van der Waals surface area contributed by atoms with Gasteiger partial charge in [-0.25, -0.2) is 4.79 Å². The highest BCUT2D eigenvalue weighted by molar-refractivity contribution is 5.89. The van der Waals surface area contributed by atoms with Gasteiger partial charge in [-0.2, -0.15) is 0 Å². The lowest BCUT2D eigenvalue weighted by Crippen LogP contribution is -2.26.